The van der Waals surface area contributed by atoms with Crippen molar-refractivity contribution in [2.24, 2.45) is 0 Å². The van der Waals surface area contributed by atoms with Crippen molar-refractivity contribution in [3.8, 4) is 16.8 Å². The van der Waals surface area contributed by atoms with E-state index in [2.05, 4.69) is 4.98 Å². The highest BCUT2D eigenvalue weighted by Crippen LogP contribution is 2.31. The Kier molecular flexibility index (Phi) is 4.18. The molecule has 124 valence electrons. The second kappa shape index (κ2) is 6.79. The summed E-state index contributed by atoms with van der Waals surface area (Å²) in [5.41, 5.74) is 1.99. The number of allylic oxidation sites excluding steroid dienone is 1. The van der Waals surface area contributed by atoms with Crippen molar-refractivity contribution in [3.05, 3.63) is 83.6 Å². The van der Waals surface area contributed by atoms with Crippen molar-refractivity contribution >= 4 is 33.4 Å². The second-order valence-electron chi connectivity index (χ2n) is 5.58. The van der Waals surface area contributed by atoms with E-state index in [9.17, 15) is 4.79 Å². The summed E-state index contributed by atoms with van der Waals surface area (Å²) < 4.78 is 6.89. The lowest BCUT2D eigenvalue weighted by Gasteiger charge is -1.95. The van der Waals surface area contributed by atoms with Crippen LogP contribution in [0.1, 0.15) is 21.7 Å². The molecular formula is C21H12N2O2S. The number of hydrogen-bond acceptors (Lipinski definition) is 5. The van der Waals surface area contributed by atoms with Crippen LogP contribution in [0.4, 0.5) is 0 Å². The Morgan fingerprint density at radius 1 is 1.08 bits per heavy atom. The average Bonchev–Trinajstić information content (AvgIpc) is 3.32. The maximum Gasteiger partial charge on any atom is 0.185 e. The molecule has 0 bridgehead atoms. The first-order valence-corrected chi connectivity index (χ1v) is 8.73. The number of rotatable bonds is 4. The van der Waals surface area contributed by atoms with Crippen LogP contribution in [-0.2, 0) is 0 Å². The van der Waals surface area contributed by atoms with Gasteiger partial charge in [0.25, 0.3) is 0 Å². The Bertz CT molecular complexity index is 1130. The third kappa shape index (κ3) is 3.18. The average molecular weight is 356 g/mol. The van der Waals surface area contributed by atoms with Crippen LogP contribution in [0.25, 0.3) is 27.1 Å². The summed E-state index contributed by atoms with van der Waals surface area (Å²) in [6.07, 6.45) is 3.10. The summed E-state index contributed by atoms with van der Waals surface area (Å²) in [5, 5.41) is 9.61. The monoisotopic (exact) mass is 356 g/mol. The van der Waals surface area contributed by atoms with Crippen LogP contribution in [0.3, 0.4) is 0 Å². The van der Waals surface area contributed by atoms with Crippen molar-refractivity contribution in [2.45, 2.75) is 0 Å². The van der Waals surface area contributed by atoms with Crippen LogP contribution in [0.5, 0.6) is 0 Å². The number of furan rings is 1. The highest BCUT2D eigenvalue weighted by molar-refractivity contribution is 7.21. The van der Waals surface area contributed by atoms with Gasteiger partial charge in [-0.2, -0.15) is 5.26 Å². The van der Waals surface area contributed by atoms with Gasteiger partial charge in [-0.3, -0.25) is 4.79 Å². The molecule has 0 atom stereocenters. The maximum absolute atomic E-state index is 12.2. The molecule has 4 rings (SSSR count). The van der Waals surface area contributed by atoms with E-state index in [0.717, 1.165) is 15.2 Å². The summed E-state index contributed by atoms with van der Waals surface area (Å²) >= 11 is 1.57. The molecule has 0 saturated carbocycles. The number of hydrogen-bond donors (Lipinski definition) is 0. The van der Waals surface area contributed by atoms with Gasteiger partial charge in [0.2, 0.25) is 0 Å². The standard InChI is InChI=1S/C21H12N2O2S/c22-13-14-5-7-15(8-6-14)18(24)11-9-16-10-12-19(25-16)21-23-17-3-1-2-4-20(17)26-21/h1-12H/b11-9+. The lowest BCUT2D eigenvalue weighted by Crippen LogP contribution is -1.93. The van der Waals surface area contributed by atoms with Crippen LogP contribution < -0.4 is 0 Å². The third-order valence-electron chi connectivity index (χ3n) is 3.83. The molecule has 4 aromatic rings. The van der Waals surface area contributed by atoms with Gasteiger partial charge in [-0.1, -0.05) is 12.1 Å². The molecule has 26 heavy (non-hydrogen) atoms. The molecule has 0 spiro atoms. The zero-order valence-corrected chi connectivity index (χ0v) is 14.4. The largest absolute Gasteiger partial charge is 0.454 e. The van der Waals surface area contributed by atoms with Gasteiger partial charge in [-0.25, -0.2) is 4.98 Å². The SMILES string of the molecule is N#Cc1ccc(C(=O)/C=C/c2ccc(-c3nc4ccccc4s3)o2)cc1. The minimum atomic E-state index is -0.146. The molecule has 0 saturated heterocycles. The molecule has 0 aliphatic heterocycles. The number of carbonyl (C=O) groups is 1. The topological polar surface area (TPSA) is 66.9 Å². The predicted octanol–water partition coefficient (Wildman–Crippen LogP) is 5.32. The molecule has 0 aliphatic rings. The van der Waals surface area contributed by atoms with E-state index in [1.54, 1.807) is 41.7 Å². The molecule has 0 unspecified atom stereocenters. The fourth-order valence-corrected chi connectivity index (χ4v) is 3.43. The van der Waals surface area contributed by atoms with Crippen molar-refractivity contribution in [3.63, 3.8) is 0 Å². The first-order valence-electron chi connectivity index (χ1n) is 7.91. The lowest BCUT2D eigenvalue weighted by molar-refractivity contribution is 0.104. The Labute approximate surface area is 153 Å². The third-order valence-corrected chi connectivity index (χ3v) is 4.88. The highest BCUT2D eigenvalue weighted by Gasteiger charge is 2.10. The summed E-state index contributed by atoms with van der Waals surface area (Å²) in [7, 11) is 0. The smallest absolute Gasteiger partial charge is 0.185 e. The van der Waals surface area contributed by atoms with Gasteiger partial charge in [0, 0.05) is 5.56 Å². The number of nitriles is 1. The number of thiazole rings is 1. The number of fused-ring (bicyclic) bond motifs is 1. The van der Waals surface area contributed by atoms with Gasteiger partial charge >= 0.3 is 0 Å². The molecule has 0 amide bonds. The second-order valence-corrected chi connectivity index (χ2v) is 6.61. The summed E-state index contributed by atoms with van der Waals surface area (Å²) in [6, 6.07) is 20.1. The van der Waals surface area contributed by atoms with Gasteiger partial charge in [0.1, 0.15) is 5.76 Å². The van der Waals surface area contributed by atoms with Crippen molar-refractivity contribution in [1.82, 2.24) is 4.98 Å². The van der Waals surface area contributed by atoms with E-state index in [4.69, 9.17) is 9.68 Å². The Morgan fingerprint density at radius 3 is 2.65 bits per heavy atom. The number of ketones is 1. The van der Waals surface area contributed by atoms with Gasteiger partial charge < -0.3 is 4.42 Å². The normalized spacial score (nSPS) is 11.0. The Hall–Kier alpha value is -3.49. The fraction of sp³-hybridized carbons (Fsp3) is 0. The molecule has 2 aromatic carbocycles. The fourth-order valence-electron chi connectivity index (χ4n) is 2.50. The molecule has 2 heterocycles. The van der Waals surface area contributed by atoms with Crippen LogP contribution in [0, 0.1) is 11.3 Å². The molecule has 0 N–H and O–H groups in total. The van der Waals surface area contributed by atoms with E-state index in [0.29, 0.717) is 22.6 Å². The number of benzene rings is 2. The molecule has 0 aliphatic carbocycles. The summed E-state index contributed by atoms with van der Waals surface area (Å²) in [6.45, 7) is 0. The minimum Gasteiger partial charge on any atom is -0.454 e. The Balaban J connectivity index is 1.53. The summed E-state index contributed by atoms with van der Waals surface area (Å²) in [4.78, 5) is 16.8. The number of aromatic nitrogens is 1. The van der Waals surface area contributed by atoms with Crippen LogP contribution in [-0.4, -0.2) is 10.8 Å². The highest BCUT2D eigenvalue weighted by atomic mass is 32.1. The number of para-hydroxylation sites is 1. The van der Waals surface area contributed by atoms with Crippen molar-refractivity contribution in [1.29, 1.82) is 5.26 Å². The van der Waals surface area contributed by atoms with E-state index in [1.807, 2.05) is 42.5 Å². The van der Waals surface area contributed by atoms with Gasteiger partial charge in [-0.05, 0) is 60.7 Å². The maximum atomic E-state index is 12.2. The van der Waals surface area contributed by atoms with E-state index in [1.165, 1.54) is 6.08 Å². The number of carbonyl (C=O) groups excluding carboxylic acids is 1. The van der Waals surface area contributed by atoms with Crippen LogP contribution in [0.2, 0.25) is 0 Å². The van der Waals surface area contributed by atoms with Gasteiger partial charge in [0.05, 0.1) is 21.8 Å². The first kappa shape index (κ1) is 16.0. The Morgan fingerprint density at radius 2 is 1.88 bits per heavy atom. The molecule has 0 radical (unpaired) electrons. The molecule has 0 fully saturated rings. The van der Waals surface area contributed by atoms with E-state index >= 15 is 0 Å². The van der Waals surface area contributed by atoms with Gasteiger partial charge in [0.15, 0.2) is 16.6 Å². The van der Waals surface area contributed by atoms with Gasteiger partial charge in [-0.15, -0.1) is 11.3 Å². The molecule has 2 aromatic heterocycles. The zero-order chi connectivity index (χ0) is 17.9. The first-order chi connectivity index (χ1) is 12.7. The number of nitrogens with zero attached hydrogens (tertiary/aromatic N) is 2. The van der Waals surface area contributed by atoms with Crippen LogP contribution >= 0.6 is 11.3 Å². The molecule has 5 heteroatoms. The summed E-state index contributed by atoms with van der Waals surface area (Å²) in [5.74, 6) is 1.12. The molecular weight excluding hydrogens is 344 g/mol. The van der Waals surface area contributed by atoms with Crippen molar-refractivity contribution < 1.29 is 9.21 Å². The zero-order valence-electron chi connectivity index (χ0n) is 13.5. The predicted molar refractivity (Wildman–Crippen MR) is 102 cm³/mol. The lowest BCUT2D eigenvalue weighted by atomic mass is 10.1. The molecule has 4 nitrogen and oxygen atoms in total. The van der Waals surface area contributed by atoms with Crippen molar-refractivity contribution in [2.75, 3.05) is 0 Å². The minimum absolute atomic E-state index is 0.146. The quantitative estimate of drug-likeness (QED) is 0.366. The van der Waals surface area contributed by atoms with E-state index < -0.39 is 0 Å². The van der Waals surface area contributed by atoms with E-state index in [-0.39, 0.29) is 5.78 Å². The van der Waals surface area contributed by atoms with Crippen LogP contribution in [0.15, 0.2) is 71.2 Å².